The van der Waals surface area contributed by atoms with Crippen LogP contribution in [-0.4, -0.2) is 21.9 Å². The first-order valence-electron chi connectivity index (χ1n) is 6.63. The summed E-state index contributed by atoms with van der Waals surface area (Å²) in [7, 11) is 0. The maximum atomic E-state index is 9.42. The molecular weight excluding hydrogens is 280 g/mol. The van der Waals surface area contributed by atoms with Crippen molar-refractivity contribution in [3.63, 3.8) is 0 Å². The Kier molecular flexibility index (Phi) is 3.63. The molecule has 3 rings (SSSR count). The number of phenols is 1. The van der Waals surface area contributed by atoms with Gasteiger partial charge in [0.2, 0.25) is 5.82 Å². The van der Waals surface area contributed by atoms with E-state index in [4.69, 9.17) is 20.9 Å². The fourth-order valence-electron chi connectivity index (χ4n) is 2.11. The monoisotopic (exact) mass is 294 g/mol. The van der Waals surface area contributed by atoms with Crippen molar-refractivity contribution < 1.29 is 14.4 Å². The van der Waals surface area contributed by atoms with Crippen LogP contribution in [0.25, 0.3) is 11.5 Å². The summed E-state index contributed by atoms with van der Waals surface area (Å²) in [6.07, 6.45) is 2.18. The Bertz CT molecular complexity index is 610. The zero-order valence-corrected chi connectivity index (χ0v) is 11.8. The predicted molar refractivity (Wildman–Crippen MR) is 73.5 cm³/mol. The molecule has 0 amide bonds. The molecule has 1 fully saturated rings. The van der Waals surface area contributed by atoms with Gasteiger partial charge < -0.3 is 14.4 Å². The minimum Gasteiger partial charge on any atom is -0.506 e. The van der Waals surface area contributed by atoms with Crippen molar-refractivity contribution in [2.75, 3.05) is 6.61 Å². The van der Waals surface area contributed by atoms with E-state index in [1.165, 1.54) is 6.07 Å². The molecule has 1 saturated carbocycles. The molecule has 1 aromatic carbocycles. The van der Waals surface area contributed by atoms with Crippen molar-refractivity contribution >= 4 is 11.6 Å². The van der Waals surface area contributed by atoms with Gasteiger partial charge in [-0.2, -0.15) is 4.98 Å². The summed E-state index contributed by atoms with van der Waals surface area (Å²) >= 11 is 5.88. The number of benzene rings is 1. The number of nitrogens with zero attached hydrogens (tertiary/aromatic N) is 2. The highest BCUT2D eigenvalue weighted by Gasteiger charge is 2.36. The maximum absolute atomic E-state index is 9.42. The van der Waals surface area contributed by atoms with E-state index in [1.54, 1.807) is 12.1 Å². The van der Waals surface area contributed by atoms with Crippen molar-refractivity contribution in [2.24, 2.45) is 5.92 Å². The maximum Gasteiger partial charge on any atom is 0.258 e. The first kappa shape index (κ1) is 13.4. The van der Waals surface area contributed by atoms with Gasteiger partial charge in [0.1, 0.15) is 11.9 Å². The van der Waals surface area contributed by atoms with Gasteiger partial charge in [-0.15, -0.1) is 0 Å². The van der Waals surface area contributed by atoms with Crippen LogP contribution in [0.5, 0.6) is 5.75 Å². The topological polar surface area (TPSA) is 68.4 Å². The molecule has 1 atom stereocenters. The Balaban J connectivity index is 1.86. The van der Waals surface area contributed by atoms with Crippen molar-refractivity contribution in [1.82, 2.24) is 10.1 Å². The number of ether oxygens (including phenoxy) is 1. The van der Waals surface area contributed by atoms with Gasteiger partial charge in [-0.1, -0.05) is 16.8 Å². The van der Waals surface area contributed by atoms with Gasteiger partial charge in [-0.25, -0.2) is 0 Å². The summed E-state index contributed by atoms with van der Waals surface area (Å²) in [6.45, 7) is 2.58. The molecule has 1 aliphatic carbocycles. The van der Waals surface area contributed by atoms with Crippen LogP contribution in [0.3, 0.4) is 0 Å². The second-order valence-corrected chi connectivity index (χ2v) is 5.24. The molecule has 20 heavy (non-hydrogen) atoms. The third kappa shape index (κ3) is 2.64. The smallest absolute Gasteiger partial charge is 0.258 e. The number of hydrogen-bond acceptors (Lipinski definition) is 5. The van der Waals surface area contributed by atoms with Crippen molar-refractivity contribution in [3.05, 3.63) is 29.0 Å². The molecule has 1 unspecified atom stereocenters. The van der Waals surface area contributed by atoms with Crippen LogP contribution in [0, 0.1) is 5.92 Å². The van der Waals surface area contributed by atoms with E-state index in [0.29, 0.717) is 29.8 Å². The normalized spacial score (nSPS) is 16.3. The summed E-state index contributed by atoms with van der Waals surface area (Å²) in [6, 6.07) is 4.79. The number of hydrogen-bond donors (Lipinski definition) is 1. The summed E-state index contributed by atoms with van der Waals surface area (Å²) in [4.78, 5) is 4.39. The van der Waals surface area contributed by atoms with Gasteiger partial charge >= 0.3 is 0 Å². The molecule has 1 aromatic heterocycles. The second kappa shape index (κ2) is 5.42. The first-order valence-corrected chi connectivity index (χ1v) is 7.01. The van der Waals surface area contributed by atoms with E-state index in [9.17, 15) is 5.11 Å². The van der Waals surface area contributed by atoms with Crippen LogP contribution < -0.4 is 0 Å². The Morgan fingerprint density at radius 1 is 1.50 bits per heavy atom. The van der Waals surface area contributed by atoms with Crippen molar-refractivity contribution in [1.29, 1.82) is 0 Å². The number of aromatic hydroxyl groups is 1. The molecule has 2 aromatic rings. The van der Waals surface area contributed by atoms with Gasteiger partial charge in [-0.3, -0.25) is 0 Å². The lowest BCUT2D eigenvalue weighted by molar-refractivity contribution is 0.0385. The van der Waals surface area contributed by atoms with E-state index in [2.05, 4.69) is 10.1 Å². The molecule has 106 valence electrons. The molecule has 0 aliphatic heterocycles. The summed E-state index contributed by atoms with van der Waals surface area (Å²) in [5, 5.41) is 13.7. The van der Waals surface area contributed by atoms with Crippen molar-refractivity contribution in [2.45, 2.75) is 25.9 Å². The predicted octanol–water partition coefficient (Wildman–Crippen LogP) is 3.58. The Hall–Kier alpha value is -1.59. The van der Waals surface area contributed by atoms with Gasteiger partial charge in [0.15, 0.2) is 0 Å². The molecule has 0 saturated heterocycles. The lowest BCUT2D eigenvalue weighted by Gasteiger charge is -2.10. The second-order valence-electron chi connectivity index (χ2n) is 4.84. The molecule has 0 radical (unpaired) electrons. The summed E-state index contributed by atoms with van der Waals surface area (Å²) in [5.41, 5.74) is 0.678. The zero-order valence-electron chi connectivity index (χ0n) is 11.0. The van der Waals surface area contributed by atoms with Crippen LogP contribution >= 0.6 is 11.6 Å². The largest absolute Gasteiger partial charge is 0.506 e. The minimum absolute atomic E-state index is 0.0281. The SMILES string of the molecule is CCOC(c1noc(-c2ccc(O)c(Cl)c2)n1)C1CC1. The third-order valence-corrected chi connectivity index (χ3v) is 3.59. The molecule has 5 nitrogen and oxygen atoms in total. The summed E-state index contributed by atoms with van der Waals surface area (Å²) in [5.74, 6) is 1.48. The minimum atomic E-state index is -0.0925. The van der Waals surface area contributed by atoms with Gasteiger partial charge in [0.05, 0.1) is 5.02 Å². The highest BCUT2D eigenvalue weighted by molar-refractivity contribution is 6.32. The lowest BCUT2D eigenvalue weighted by Crippen LogP contribution is -2.08. The quantitative estimate of drug-likeness (QED) is 0.913. The first-order chi connectivity index (χ1) is 9.69. The van der Waals surface area contributed by atoms with Crippen LogP contribution in [0.15, 0.2) is 22.7 Å². The zero-order chi connectivity index (χ0) is 14.1. The van der Waals surface area contributed by atoms with Crippen LogP contribution in [0.2, 0.25) is 5.02 Å². The van der Waals surface area contributed by atoms with Crippen molar-refractivity contribution in [3.8, 4) is 17.2 Å². The number of phenolic OH excluding ortho intramolecular Hbond substituents is 1. The molecule has 0 spiro atoms. The Morgan fingerprint density at radius 2 is 2.30 bits per heavy atom. The van der Waals surface area contributed by atoms with Gasteiger partial charge in [0, 0.05) is 12.2 Å². The molecule has 1 heterocycles. The molecule has 1 N–H and O–H groups in total. The fourth-order valence-corrected chi connectivity index (χ4v) is 2.29. The van der Waals surface area contributed by atoms with Crippen LogP contribution in [0.4, 0.5) is 0 Å². The van der Waals surface area contributed by atoms with E-state index >= 15 is 0 Å². The fraction of sp³-hybridized carbons (Fsp3) is 0.429. The molecular formula is C14H15ClN2O3. The highest BCUT2D eigenvalue weighted by atomic mass is 35.5. The van der Waals surface area contributed by atoms with E-state index < -0.39 is 0 Å². The third-order valence-electron chi connectivity index (χ3n) is 3.29. The van der Waals surface area contributed by atoms with Gasteiger partial charge in [-0.05, 0) is 43.9 Å². The van der Waals surface area contributed by atoms with E-state index in [0.717, 1.165) is 12.8 Å². The number of aromatic nitrogens is 2. The number of rotatable bonds is 5. The molecule has 6 heteroatoms. The Labute approximate surface area is 121 Å². The standard InChI is InChI=1S/C14H15ClN2O3/c1-2-19-12(8-3-4-8)13-16-14(20-17-13)9-5-6-11(18)10(15)7-9/h5-8,12,18H,2-4H2,1H3. The lowest BCUT2D eigenvalue weighted by atomic mass is 10.2. The van der Waals surface area contributed by atoms with E-state index in [-0.39, 0.29) is 16.9 Å². The highest BCUT2D eigenvalue weighted by Crippen LogP contribution is 2.42. The van der Waals surface area contributed by atoms with Gasteiger partial charge in [0.25, 0.3) is 5.89 Å². The Morgan fingerprint density at radius 3 is 2.95 bits per heavy atom. The number of halogens is 1. The average Bonchev–Trinajstić information content (AvgIpc) is 3.16. The van der Waals surface area contributed by atoms with Crippen LogP contribution in [-0.2, 0) is 4.74 Å². The summed E-state index contributed by atoms with van der Waals surface area (Å²) < 4.78 is 11.0. The molecule has 1 aliphatic rings. The molecule has 0 bridgehead atoms. The van der Waals surface area contributed by atoms with E-state index in [1.807, 2.05) is 6.92 Å². The van der Waals surface area contributed by atoms with Crippen LogP contribution in [0.1, 0.15) is 31.7 Å². The average molecular weight is 295 g/mol.